The van der Waals surface area contributed by atoms with Crippen LogP contribution in [0.3, 0.4) is 0 Å². The molecule has 0 aromatic carbocycles. The lowest BCUT2D eigenvalue weighted by molar-refractivity contribution is -0.161. The maximum Gasteiger partial charge on any atom is 0.472 e. The van der Waals surface area contributed by atoms with Crippen LogP contribution >= 0.6 is 7.82 Å². The second kappa shape index (κ2) is 56.4. The van der Waals surface area contributed by atoms with Crippen LogP contribution in [0.15, 0.2) is 60.8 Å². The summed E-state index contributed by atoms with van der Waals surface area (Å²) >= 11 is 0. The van der Waals surface area contributed by atoms with E-state index in [1.165, 1.54) is 96.3 Å². The zero-order chi connectivity index (χ0) is 54.1. The van der Waals surface area contributed by atoms with E-state index in [2.05, 4.69) is 81.5 Å². The Morgan fingerprint density at radius 2 is 0.703 bits per heavy atom. The highest BCUT2D eigenvalue weighted by Crippen LogP contribution is 2.43. The van der Waals surface area contributed by atoms with Crippen LogP contribution in [-0.4, -0.2) is 66.5 Å². The van der Waals surface area contributed by atoms with Gasteiger partial charge in [0.2, 0.25) is 0 Å². The van der Waals surface area contributed by atoms with Gasteiger partial charge in [-0.15, -0.1) is 0 Å². The normalized spacial score (nSPS) is 13.7. The van der Waals surface area contributed by atoms with Gasteiger partial charge < -0.3 is 24.2 Å². The standard InChI is InChI=1S/C62H111O11P/c1-4-7-10-13-16-19-22-25-28-29-32-35-38-41-44-47-50-53-62(66)73-59(55-69-60(64)51-48-45-42-39-36-33-30-26-23-20-17-14-11-8-5-2)57-71-74(67,68)70-56-58(54-63)72-61(65)52-49-46-43-40-37-34-31-27-24-21-18-15-12-9-6-3/h7,10,16-17,19-20,25-26,28,30,58-59,63H,4-6,8-9,11-15,18,21-24,27,29,31-57H2,1-3H3,(H,67,68)/b10-7-,19-16-,20-17-,28-25-,30-26-. The van der Waals surface area contributed by atoms with E-state index in [-0.39, 0.29) is 25.9 Å². The first-order chi connectivity index (χ1) is 36.2. The van der Waals surface area contributed by atoms with Crippen LogP contribution in [0.4, 0.5) is 0 Å². The molecule has 3 atom stereocenters. The summed E-state index contributed by atoms with van der Waals surface area (Å²) < 4.78 is 39.6. The molecule has 0 fully saturated rings. The highest BCUT2D eigenvalue weighted by molar-refractivity contribution is 7.47. The van der Waals surface area contributed by atoms with E-state index in [0.29, 0.717) is 19.3 Å². The Labute approximate surface area is 453 Å². The Balaban J connectivity index is 4.72. The van der Waals surface area contributed by atoms with Gasteiger partial charge in [0.1, 0.15) is 12.7 Å². The molecule has 0 aliphatic carbocycles. The van der Waals surface area contributed by atoms with Crippen molar-refractivity contribution in [2.45, 2.75) is 290 Å². The largest absolute Gasteiger partial charge is 0.472 e. The topological polar surface area (TPSA) is 155 Å². The van der Waals surface area contributed by atoms with Crippen molar-refractivity contribution in [2.24, 2.45) is 0 Å². The molecule has 12 heteroatoms. The lowest BCUT2D eigenvalue weighted by Gasteiger charge is -2.21. The molecule has 0 saturated carbocycles. The lowest BCUT2D eigenvalue weighted by Crippen LogP contribution is -2.30. The number of hydrogen-bond donors (Lipinski definition) is 2. The SMILES string of the molecule is CC/C=C\C/C=C\C/C=C\CCCCCCCCCC(=O)OC(COC(=O)CCCCCCC/C=C\C/C=C\CCCCC)COP(=O)(O)OCC(CO)OC(=O)CCCCCCCCCCCCCCCCC. The summed E-state index contributed by atoms with van der Waals surface area (Å²) in [6.45, 7) is 4.52. The smallest absolute Gasteiger partial charge is 0.462 e. The van der Waals surface area contributed by atoms with Crippen LogP contribution in [0.1, 0.15) is 278 Å². The van der Waals surface area contributed by atoms with Gasteiger partial charge in [-0.2, -0.15) is 0 Å². The minimum Gasteiger partial charge on any atom is -0.462 e. The quantitative estimate of drug-likeness (QED) is 0.0197. The zero-order valence-corrected chi connectivity index (χ0v) is 48.5. The van der Waals surface area contributed by atoms with E-state index < -0.39 is 57.8 Å². The molecule has 0 aliphatic rings. The summed E-state index contributed by atoms with van der Waals surface area (Å²) in [5.41, 5.74) is 0. The molecule has 0 aliphatic heterocycles. The molecule has 11 nitrogen and oxygen atoms in total. The number of phosphoric acid groups is 1. The van der Waals surface area contributed by atoms with Gasteiger partial charge in [0.05, 0.1) is 19.8 Å². The van der Waals surface area contributed by atoms with Crippen molar-refractivity contribution in [1.82, 2.24) is 0 Å². The maximum absolute atomic E-state index is 12.9. The first-order valence-corrected chi connectivity index (χ1v) is 31.7. The van der Waals surface area contributed by atoms with E-state index in [4.69, 9.17) is 23.3 Å². The second-order valence-electron chi connectivity index (χ2n) is 20.1. The van der Waals surface area contributed by atoms with Crippen LogP contribution in [-0.2, 0) is 42.2 Å². The van der Waals surface area contributed by atoms with E-state index >= 15 is 0 Å². The molecule has 430 valence electrons. The molecule has 0 bridgehead atoms. The highest BCUT2D eigenvalue weighted by atomic mass is 31.2. The molecule has 0 amide bonds. The second-order valence-corrected chi connectivity index (χ2v) is 21.6. The summed E-state index contributed by atoms with van der Waals surface area (Å²) in [4.78, 5) is 48.6. The Hall–Kier alpha value is -2.82. The third-order valence-corrected chi connectivity index (χ3v) is 13.9. The maximum atomic E-state index is 12.9. The molecule has 0 aromatic heterocycles. The van der Waals surface area contributed by atoms with Crippen molar-refractivity contribution in [1.29, 1.82) is 0 Å². The van der Waals surface area contributed by atoms with E-state index in [9.17, 15) is 28.9 Å². The van der Waals surface area contributed by atoms with Crippen molar-refractivity contribution in [3.05, 3.63) is 60.8 Å². The van der Waals surface area contributed by atoms with Crippen molar-refractivity contribution < 1.29 is 52.2 Å². The van der Waals surface area contributed by atoms with Gasteiger partial charge in [0, 0.05) is 19.3 Å². The van der Waals surface area contributed by atoms with Gasteiger partial charge in [-0.05, 0) is 83.5 Å². The van der Waals surface area contributed by atoms with Gasteiger partial charge >= 0.3 is 25.7 Å². The molecular weight excluding hydrogens is 952 g/mol. The molecule has 0 rings (SSSR count). The molecule has 0 saturated heterocycles. The average molecular weight is 1060 g/mol. The van der Waals surface area contributed by atoms with E-state index in [1.807, 2.05) is 0 Å². The van der Waals surface area contributed by atoms with E-state index in [0.717, 1.165) is 122 Å². The number of carbonyl (C=O) groups is 3. The number of carbonyl (C=O) groups excluding carboxylic acids is 3. The summed E-state index contributed by atoms with van der Waals surface area (Å²) in [6.07, 6.45) is 61.7. The Kier molecular flexibility index (Phi) is 54.2. The highest BCUT2D eigenvalue weighted by Gasteiger charge is 2.28. The van der Waals surface area contributed by atoms with Crippen LogP contribution in [0.25, 0.3) is 0 Å². The predicted octanol–water partition coefficient (Wildman–Crippen LogP) is 17.9. The Morgan fingerprint density at radius 1 is 0.392 bits per heavy atom. The Morgan fingerprint density at radius 3 is 1.11 bits per heavy atom. The summed E-state index contributed by atoms with van der Waals surface area (Å²) in [6, 6.07) is 0. The molecular formula is C62H111O11P. The van der Waals surface area contributed by atoms with Gasteiger partial charge in [-0.25, -0.2) is 4.57 Å². The monoisotopic (exact) mass is 1060 g/mol. The van der Waals surface area contributed by atoms with Gasteiger partial charge in [0.15, 0.2) is 6.10 Å². The summed E-state index contributed by atoms with van der Waals surface area (Å²) in [5.74, 6) is -1.48. The van der Waals surface area contributed by atoms with Crippen LogP contribution in [0.2, 0.25) is 0 Å². The van der Waals surface area contributed by atoms with Crippen molar-refractivity contribution in [2.75, 3.05) is 26.4 Å². The third kappa shape index (κ3) is 54.0. The first kappa shape index (κ1) is 71.2. The number of aliphatic hydroxyl groups is 1. The minimum absolute atomic E-state index is 0.154. The number of esters is 3. The number of unbranched alkanes of at least 4 members (excludes halogenated alkanes) is 29. The van der Waals surface area contributed by atoms with Crippen LogP contribution < -0.4 is 0 Å². The molecule has 0 aromatic rings. The summed E-state index contributed by atoms with van der Waals surface area (Å²) in [7, 11) is -4.75. The number of rotatable bonds is 56. The fourth-order valence-corrected chi connectivity index (χ4v) is 9.13. The average Bonchev–Trinajstić information content (AvgIpc) is 3.39. The predicted molar refractivity (Wildman–Crippen MR) is 307 cm³/mol. The molecule has 74 heavy (non-hydrogen) atoms. The van der Waals surface area contributed by atoms with Crippen LogP contribution in [0.5, 0.6) is 0 Å². The van der Waals surface area contributed by atoms with E-state index in [1.54, 1.807) is 0 Å². The fraction of sp³-hybridized carbons (Fsp3) is 0.790. The zero-order valence-electron chi connectivity index (χ0n) is 47.6. The molecule has 0 radical (unpaired) electrons. The fourth-order valence-electron chi connectivity index (χ4n) is 8.34. The Bertz CT molecular complexity index is 1470. The van der Waals surface area contributed by atoms with Crippen molar-refractivity contribution in [3.8, 4) is 0 Å². The number of allylic oxidation sites excluding steroid dienone is 10. The molecule has 3 unspecified atom stereocenters. The minimum atomic E-state index is -4.75. The molecule has 2 N–H and O–H groups in total. The number of ether oxygens (including phenoxy) is 3. The van der Waals surface area contributed by atoms with Gasteiger partial charge in [-0.1, -0.05) is 236 Å². The number of phosphoric ester groups is 1. The number of aliphatic hydroxyl groups excluding tert-OH is 1. The van der Waals surface area contributed by atoms with Gasteiger partial charge in [0.25, 0.3) is 0 Å². The molecule has 0 spiro atoms. The lowest BCUT2D eigenvalue weighted by atomic mass is 10.0. The first-order valence-electron chi connectivity index (χ1n) is 30.2. The van der Waals surface area contributed by atoms with Crippen LogP contribution in [0, 0.1) is 0 Å². The third-order valence-electron chi connectivity index (χ3n) is 12.9. The van der Waals surface area contributed by atoms with Crippen molar-refractivity contribution in [3.63, 3.8) is 0 Å². The number of hydrogen-bond acceptors (Lipinski definition) is 10. The van der Waals surface area contributed by atoms with Gasteiger partial charge in [-0.3, -0.25) is 23.4 Å². The molecule has 0 heterocycles. The van der Waals surface area contributed by atoms with Crippen molar-refractivity contribution >= 4 is 25.7 Å². The summed E-state index contributed by atoms with van der Waals surface area (Å²) in [5, 5.41) is 9.83.